The van der Waals surface area contributed by atoms with Crippen molar-refractivity contribution in [3.8, 4) is 0 Å². The summed E-state index contributed by atoms with van der Waals surface area (Å²) in [4.78, 5) is 116. The molecule has 4 fully saturated rings. The van der Waals surface area contributed by atoms with E-state index in [0.29, 0.717) is 38.5 Å². The zero-order chi connectivity index (χ0) is 75.8. The summed E-state index contributed by atoms with van der Waals surface area (Å²) in [5.41, 5.74) is 0. The highest BCUT2D eigenvalue weighted by atomic mass is 16.7. The van der Waals surface area contributed by atoms with Gasteiger partial charge in [0.25, 0.3) is 0 Å². The predicted molar refractivity (Wildman–Crippen MR) is 356 cm³/mol. The third kappa shape index (κ3) is 33.4. The van der Waals surface area contributed by atoms with Crippen molar-refractivity contribution in [1.82, 2.24) is 47.9 Å². The van der Waals surface area contributed by atoms with Gasteiger partial charge in [-0.15, -0.1) is 0 Å². The van der Waals surface area contributed by atoms with Gasteiger partial charge in [0, 0.05) is 90.6 Å². The molecule has 0 aromatic rings. The first-order valence-corrected chi connectivity index (χ1v) is 35.5. The third-order valence-corrected chi connectivity index (χ3v) is 17.7. The van der Waals surface area contributed by atoms with E-state index in [1.54, 1.807) is 0 Å². The Hall–Kier alpha value is -5.57. The first kappa shape index (κ1) is 89.8. The second-order valence-corrected chi connectivity index (χ2v) is 26.0. The average molecular weight is 1490 g/mol. The highest BCUT2D eigenvalue weighted by molar-refractivity contribution is 5.90. The molecule has 0 bridgehead atoms. The number of unbranched alkanes of at least 4 members (excludes halogenated alkanes) is 7. The van der Waals surface area contributed by atoms with Crippen LogP contribution in [0, 0.1) is 11.8 Å². The van der Waals surface area contributed by atoms with Crippen LogP contribution in [-0.4, -0.2) is 332 Å². The molecule has 0 spiro atoms. The molecule has 3 heterocycles. The molecule has 17 unspecified atom stereocenters. The standard InChI is InChI=1S/C65H115N9O29/c1-37(79)69-52-58(90)55(87)41(33-76)36-101-63(52)98-27-24-96-22-19-68-62(94)44(73-50(85)13-11-9-7-5-4-6-8-10-12-49(84)72-42-30-40(32-75)45(82)31-42)15-17-51(86)74-43(61(93)67-20-23-97-26-29-100-65-54(71-39(3)81)60(92)57(89)47(35-78)103-65)14-16-48(83)66-18-21-95-25-28-99-64-53(70-38(2)80)59(91)56(88)46(34-77)102-64/h40-47,52-60,63-65,75-78,82,87-92H,4-36H2,1-3H3,(H,66,83)(H,67,93)(H,68,94)(H,69,79)(H,70,80)(H,71,81)(H,72,84)(H,73,85)(H,74,86)/t40-,41?,42+,43?,44?,45+,46?,47?,52?,53?,54?,55?,56?,57?,58?,59?,60?,63?,64?,65?/m1/s1. The number of amides is 9. The molecule has 20 atom stereocenters. The quantitative estimate of drug-likeness (QED) is 0.0252. The van der Waals surface area contributed by atoms with Crippen molar-refractivity contribution < 1.29 is 142 Å². The van der Waals surface area contributed by atoms with Crippen molar-refractivity contribution >= 4 is 53.2 Å². The Labute approximate surface area is 598 Å². The molecule has 38 heteroatoms. The second-order valence-electron chi connectivity index (χ2n) is 26.0. The Morgan fingerprint density at radius 2 is 0.786 bits per heavy atom. The Bertz CT molecular complexity index is 2520. The van der Waals surface area contributed by atoms with Crippen LogP contribution in [0.3, 0.4) is 0 Å². The maximum absolute atomic E-state index is 13.8. The van der Waals surface area contributed by atoms with Gasteiger partial charge in [-0.2, -0.15) is 0 Å². The minimum absolute atomic E-state index is 0.0217. The minimum Gasteiger partial charge on any atom is -0.396 e. The first-order chi connectivity index (χ1) is 49.3. The number of ether oxygens (including phenoxy) is 9. The van der Waals surface area contributed by atoms with Crippen LogP contribution < -0.4 is 47.9 Å². The van der Waals surface area contributed by atoms with Crippen LogP contribution in [0.1, 0.15) is 124 Å². The molecule has 20 N–H and O–H groups in total. The van der Waals surface area contributed by atoms with E-state index in [2.05, 4.69) is 47.9 Å². The molecule has 103 heavy (non-hydrogen) atoms. The Balaban J connectivity index is 1.33. The molecular weight excluding hydrogens is 1370 g/mol. The molecule has 3 aliphatic heterocycles. The van der Waals surface area contributed by atoms with Crippen molar-refractivity contribution in [1.29, 1.82) is 0 Å². The fourth-order valence-corrected chi connectivity index (χ4v) is 12.0. The van der Waals surface area contributed by atoms with Crippen LogP contribution in [0.15, 0.2) is 0 Å². The SMILES string of the molecule is CC(=O)NC1C(OCCOCCNC(=O)C(CCC(=O)NC(CCC(=O)NCCOCCOC2OC(CO)C(O)C(O)C2NC(C)=O)C(=O)NCCOCCOC2OC(CO)C(O)C(O)C2NC(C)=O)NC(=O)CCCCCCCCCCC(=O)N[C@H]2C[C@H](CO)[C@@H](O)C2)OCC(CO)C(O)C1O. The van der Waals surface area contributed by atoms with E-state index in [9.17, 15) is 99.3 Å². The Kier molecular flexibility index (Phi) is 43.7. The number of hydrogen-bond acceptors (Lipinski definition) is 29. The fraction of sp³-hybridized carbons (Fsp3) is 0.862. The van der Waals surface area contributed by atoms with E-state index < -0.39 is 183 Å². The highest BCUT2D eigenvalue weighted by Gasteiger charge is 2.47. The topological polar surface area (TPSA) is 568 Å². The van der Waals surface area contributed by atoms with Gasteiger partial charge in [-0.25, -0.2) is 0 Å². The zero-order valence-corrected chi connectivity index (χ0v) is 59.1. The fourth-order valence-electron chi connectivity index (χ4n) is 12.0. The molecule has 594 valence electrons. The van der Waals surface area contributed by atoms with Crippen LogP contribution in [0.2, 0.25) is 0 Å². The average Bonchev–Trinajstić information content (AvgIpc) is 1.71. The number of carbonyl (C=O) groups is 9. The lowest BCUT2D eigenvalue weighted by molar-refractivity contribution is -0.272. The molecule has 0 aromatic heterocycles. The van der Waals surface area contributed by atoms with Gasteiger partial charge in [-0.1, -0.05) is 38.5 Å². The lowest BCUT2D eigenvalue weighted by atomic mass is 9.96. The molecule has 4 rings (SSSR count). The molecule has 9 amide bonds. The van der Waals surface area contributed by atoms with Crippen molar-refractivity contribution in [3.05, 3.63) is 0 Å². The van der Waals surface area contributed by atoms with Crippen molar-refractivity contribution in [2.75, 3.05) is 112 Å². The maximum Gasteiger partial charge on any atom is 0.242 e. The summed E-state index contributed by atoms with van der Waals surface area (Å²) in [6, 6.07) is -6.32. The molecule has 0 radical (unpaired) electrons. The molecule has 1 aliphatic carbocycles. The van der Waals surface area contributed by atoms with Crippen LogP contribution in [0.25, 0.3) is 0 Å². The lowest BCUT2D eigenvalue weighted by Gasteiger charge is -2.42. The van der Waals surface area contributed by atoms with Gasteiger partial charge in [0.15, 0.2) is 18.9 Å². The molecule has 1 saturated carbocycles. The number of nitrogens with one attached hydrogen (secondary N) is 9. The monoisotopic (exact) mass is 1490 g/mol. The first-order valence-electron chi connectivity index (χ1n) is 35.5. The molecule has 38 nitrogen and oxygen atoms in total. The third-order valence-electron chi connectivity index (χ3n) is 17.7. The Morgan fingerprint density at radius 3 is 1.21 bits per heavy atom. The number of aliphatic hydroxyl groups is 11. The summed E-state index contributed by atoms with van der Waals surface area (Å²) in [6.45, 7) is 0.305. The maximum atomic E-state index is 13.8. The van der Waals surface area contributed by atoms with E-state index in [4.69, 9.17) is 42.6 Å². The molecular formula is C65H115N9O29. The smallest absolute Gasteiger partial charge is 0.242 e. The van der Waals surface area contributed by atoms with Gasteiger partial charge in [-0.3, -0.25) is 43.2 Å². The van der Waals surface area contributed by atoms with Crippen molar-refractivity contribution in [3.63, 3.8) is 0 Å². The van der Waals surface area contributed by atoms with Gasteiger partial charge in [0.05, 0.1) is 98.1 Å². The number of carbonyl (C=O) groups excluding carboxylic acids is 9. The highest BCUT2D eigenvalue weighted by Crippen LogP contribution is 2.27. The van der Waals surface area contributed by atoms with E-state index in [0.717, 1.165) is 32.1 Å². The summed E-state index contributed by atoms with van der Waals surface area (Å²) < 4.78 is 50.6. The minimum atomic E-state index is -1.54. The van der Waals surface area contributed by atoms with E-state index in [-0.39, 0.29) is 136 Å². The van der Waals surface area contributed by atoms with Gasteiger partial charge >= 0.3 is 0 Å². The van der Waals surface area contributed by atoms with E-state index >= 15 is 0 Å². The van der Waals surface area contributed by atoms with Gasteiger partial charge in [-0.05, 0) is 38.5 Å². The van der Waals surface area contributed by atoms with Gasteiger partial charge < -0.3 is 147 Å². The summed E-state index contributed by atoms with van der Waals surface area (Å²) in [6.07, 6.45) is -9.46. The van der Waals surface area contributed by atoms with Crippen LogP contribution in [0.5, 0.6) is 0 Å². The Morgan fingerprint density at radius 1 is 0.398 bits per heavy atom. The van der Waals surface area contributed by atoms with Gasteiger partial charge in [0.2, 0.25) is 53.2 Å². The predicted octanol–water partition coefficient (Wildman–Crippen LogP) is -7.81. The summed E-state index contributed by atoms with van der Waals surface area (Å²) >= 11 is 0. The molecule has 0 aromatic carbocycles. The molecule has 3 saturated heterocycles. The number of aliphatic hydroxyl groups excluding tert-OH is 11. The molecule has 4 aliphatic rings. The van der Waals surface area contributed by atoms with E-state index in [1.165, 1.54) is 20.8 Å². The summed E-state index contributed by atoms with van der Waals surface area (Å²) in [5, 5.41) is 135. The van der Waals surface area contributed by atoms with Crippen LogP contribution >= 0.6 is 0 Å². The van der Waals surface area contributed by atoms with Gasteiger partial charge in [0.1, 0.15) is 72.9 Å². The number of rotatable bonds is 50. The van der Waals surface area contributed by atoms with E-state index in [1.807, 2.05) is 0 Å². The summed E-state index contributed by atoms with van der Waals surface area (Å²) in [7, 11) is 0. The van der Waals surface area contributed by atoms with Crippen LogP contribution in [0.4, 0.5) is 0 Å². The zero-order valence-electron chi connectivity index (χ0n) is 59.1. The summed E-state index contributed by atoms with van der Waals surface area (Å²) in [5.74, 6) is -5.97. The van der Waals surface area contributed by atoms with Crippen LogP contribution in [-0.2, 0) is 85.8 Å². The number of hydrogen-bond donors (Lipinski definition) is 20. The normalized spacial score (nSPS) is 28.4. The second kappa shape index (κ2) is 50.1. The van der Waals surface area contributed by atoms with Crippen molar-refractivity contribution in [2.45, 2.75) is 234 Å². The largest absolute Gasteiger partial charge is 0.396 e. The van der Waals surface area contributed by atoms with Crippen molar-refractivity contribution in [2.24, 2.45) is 11.8 Å². The lowest BCUT2D eigenvalue weighted by Crippen LogP contribution is -2.64.